The molecule has 1 N–H and O–H groups in total. The number of rotatable bonds is 3. The molecular formula is C15H24N2. The van der Waals surface area contributed by atoms with Gasteiger partial charge in [-0.1, -0.05) is 17.7 Å². The fourth-order valence-electron chi connectivity index (χ4n) is 2.62. The van der Waals surface area contributed by atoms with Crippen molar-refractivity contribution in [3.05, 3.63) is 29.8 Å². The predicted molar refractivity (Wildman–Crippen MR) is 74.5 cm³/mol. The highest BCUT2D eigenvalue weighted by molar-refractivity contribution is 5.45. The van der Waals surface area contributed by atoms with Crippen LogP contribution in [-0.4, -0.2) is 31.1 Å². The Balaban J connectivity index is 1.84. The van der Waals surface area contributed by atoms with Gasteiger partial charge in [-0.2, -0.15) is 0 Å². The van der Waals surface area contributed by atoms with Crippen molar-refractivity contribution >= 4 is 5.69 Å². The maximum absolute atomic E-state index is 3.65. The summed E-state index contributed by atoms with van der Waals surface area (Å²) in [7, 11) is 4.39. The highest BCUT2D eigenvalue weighted by Gasteiger charge is 2.21. The standard InChI is InChI=1S/C15H24N2/c1-12-4-6-13(7-5-12)16-14-8-10-15(11-9-14)17(2)3/h4-7,14-16H,8-11H2,1-3H3. The molecule has 1 aliphatic rings. The van der Waals surface area contributed by atoms with Crippen LogP contribution in [0.1, 0.15) is 31.2 Å². The van der Waals surface area contributed by atoms with Crippen LogP contribution in [0, 0.1) is 6.92 Å². The lowest BCUT2D eigenvalue weighted by Crippen LogP contribution is -2.36. The highest BCUT2D eigenvalue weighted by atomic mass is 15.1. The van der Waals surface area contributed by atoms with Gasteiger partial charge in [-0.05, 0) is 58.8 Å². The zero-order chi connectivity index (χ0) is 12.3. The topological polar surface area (TPSA) is 15.3 Å². The van der Waals surface area contributed by atoms with Gasteiger partial charge in [0.1, 0.15) is 0 Å². The van der Waals surface area contributed by atoms with Gasteiger partial charge < -0.3 is 10.2 Å². The number of nitrogens with one attached hydrogen (secondary N) is 1. The molecule has 0 unspecified atom stereocenters. The SMILES string of the molecule is Cc1ccc(NC2CCC(N(C)C)CC2)cc1. The van der Waals surface area contributed by atoms with Gasteiger partial charge in [-0.25, -0.2) is 0 Å². The molecular weight excluding hydrogens is 208 g/mol. The third-order valence-electron chi connectivity index (χ3n) is 3.85. The molecule has 0 amide bonds. The summed E-state index contributed by atoms with van der Waals surface area (Å²) in [4.78, 5) is 2.36. The Kier molecular flexibility index (Phi) is 4.06. The van der Waals surface area contributed by atoms with E-state index in [9.17, 15) is 0 Å². The van der Waals surface area contributed by atoms with Gasteiger partial charge in [0.25, 0.3) is 0 Å². The van der Waals surface area contributed by atoms with E-state index in [0.717, 1.165) is 6.04 Å². The second-order valence-corrected chi connectivity index (χ2v) is 5.48. The van der Waals surface area contributed by atoms with Gasteiger partial charge in [0.15, 0.2) is 0 Å². The number of hydrogen-bond donors (Lipinski definition) is 1. The van der Waals surface area contributed by atoms with Gasteiger partial charge in [0.05, 0.1) is 0 Å². The second kappa shape index (κ2) is 5.54. The molecule has 1 aromatic rings. The number of aryl methyl sites for hydroxylation is 1. The van der Waals surface area contributed by atoms with Crippen molar-refractivity contribution in [1.82, 2.24) is 4.90 Å². The first-order valence-electron chi connectivity index (χ1n) is 6.65. The van der Waals surface area contributed by atoms with Crippen molar-refractivity contribution in [1.29, 1.82) is 0 Å². The summed E-state index contributed by atoms with van der Waals surface area (Å²) in [5, 5.41) is 3.65. The van der Waals surface area contributed by atoms with Crippen LogP contribution in [0.15, 0.2) is 24.3 Å². The first-order valence-corrected chi connectivity index (χ1v) is 6.65. The molecule has 0 atom stereocenters. The van der Waals surface area contributed by atoms with Crippen molar-refractivity contribution in [2.24, 2.45) is 0 Å². The fraction of sp³-hybridized carbons (Fsp3) is 0.600. The molecule has 0 heterocycles. The Bertz CT molecular complexity index is 334. The summed E-state index contributed by atoms with van der Waals surface area (Å²) in [5.74, 6) is 0. The van der Waals surface area contributed by atoms with Gasteiger partial charge in [-0.15, -0.1) is 0 Å². The van der Waals surface area contributed by atoms with Crippen molar-refractivity contribution in [3.8, 4) is 0 Å². The third kappa shape index (κ3) is 3.47. The van der Waals surface area contributed by atoms with E-state index in [2.05, 4.69) is 55.5 Å². The number of nitrogens with zero attached hydrogens (tertiary/aromatic N) is 1. The van der Waals surface area contributed by atoms with Crippen LogP contribution in [-0.2, 0) is 0 Å². The molecule has 2 heteroatoms. The molecule has 0 aliphatic heterocycles. The Morgan fingerprint density at radius 3 is 2.12 bits per heavy atom. The van der Waals surface area contributed by atoms with E-state index in [4.69, 9.17) is 0 Å². The summed E-state index contributed by atoms with van der Waals surface area (Å²) in [6.45, 7) is 2.13. The van der Waals surface area contributed by atoms with Crippen molar-refractivity contribution in [3.63, 3.8) is 0 Å². The van der Waals surface area contributed by atoms with Crippen LogP contribution in [0.3, 0.4) is 0 Å². The molecule has 1 aromatic carbocycles. The predicted octanol–water partition coefficient (Wildman–Crippen LogP) is 3.28. The Labute approximate surface area is 105 Å². The Morgan fingerprint density at radius 2 is 1.59 bits per heavy atom. The van der Waals surface area contributed by atoms with E-state index >= 15 is 0 Å². The van der Waals surface area contributed by atoms with E-state index in [0.29, 0.717) is 6.04 Å². The van der Waals surface area contributed by atoms with E-state index < -0.39 is 0 Å². The first-order chi connectivity index (χ1) is 8.15. The monoisotopic (exact) mass is 232 g/mol. The smallest absolute Gasteiger partial charge is 0.0342 e. The quantitative estimate of drug-likeness (QED) is 0.860. The molecule has 0 aromatic heterocycles. The summed E-state index contributed by atoms with van der Waals surface area (Å²) < 4.78 is 0. The fourth-order valence-corrected chi connectivity index (χ4v) is 2.62. The van der Waals surface area contributed by atoms with Crippen molar-refractivity contribution < 1.29 is 0 Å². The van der Waals surface area contributed by atoms with Crippen LogP contribution in [0.2, 0.25) is 0 Å². The van der Waals surface area contributed by atoms with E-state index in [-0.39, 0.29) is 0 Å². The lowest BCUT2D eigenvalue weighted by atomic mass is 9.90. The number of benzene rings is 1. The zero-order valence-electron chi connectivity index (χ0n) is 11.2. The Morgan fingerprint density at radius 1 is 1.00 bits per heavy atom. The zero-order valence-corrected chi connectivity index (χ0v) is 11.2. The van der Waals surface area contributed by atoms with Crippen molar-refractivity contribution in [2.45, 2.75) is 44.7 Å². The average Bonchev–Trinajstić information content (AvgIpc) is 2.33. The normalized spacial score (nSPS) is 24.9. The van der Waals surface area contributed by atoms with Crippen LogP contribution < -0.4 is 5.32 Å². The summed E-state index contributed by atoms with van der Waals surface area (Å²) >= 11 is 0. The molecule has 0 saturated heterocycles. The number of hydrogen-bond acceptors (Lipinski definition) is 2. The summed E-state index contributed by atoms with van der Waals surface area (Å²) in [5.41, 5.74) is 2.59. The molecule has 2 rings (SSSR count). The van der Waals surface area contributed by atoms with E-state index in [1.54, 1.807) is 0 Å². The van der Waals surface area contributed by atoms with Gasteiger partial charge in [0.2, 0.25) is 0 Å². The molecule has 94 valence electrons. The third-order valence-corrected chi connectivity index (χ3v) is 3.85. The van der Waals surface area contributed by atoms with Crippen LogP contribution in [0.5, 0.6) is 0 Å². The molecule has 0 spiro atoms. The first kappa shape index (κ1) is 12.4. The molecule has 1 saturated carbocycles. The molecule has 2 nitrogen and oxygen atoms in total. The van der Waals surface area contributed by atoms with Crippen LogP contribution in [0.25, 0.3) is 0 Å². The number of anilines is 1. The Hall–Kier alpha value is -1.02. The van der Waals surface area contributed by atoms with Crippen molar-refractivity contribution in [2.75, 3.05) is 19.4 Å². The van der Waals surface area contributed by atoms with E-state index in [1.807, 2.05) is 0 Å². The summed E-state index contributed by atoms with van der Waals surface area (Å²) in [6, 6.07) is 10.2. The van der Waals surface area contributed by atoms with Crippen LogP contribution in [0.4, 0.5) is 5.69 Å². The lowest BCUT2D eigenvalue weighted by molar-refractivity contribution is 0.221. The molecule has 1 aliphatic carbocycles. The minimum absolute atomic E-state index is 0.661. The highest BCUT2D eigenvalue weighted by Crippen LogP contribution is 2.24. The maximum Gasteiger partial charge on any atom is 0.0342 e. The molecule has 1 fully saturated rings. The van der Waals surface area contributed by atoms with E-state index in [1.165, 1.54) is 36.9 Å². The van der Waals surface area contributed by atoms with Crippen LogP contribution >= 0.6 is 0 Å². The molecule has 0 bridgehead atoms. The average molecular weight is 232 g/mol. The molecule has 0 radical (unpaired) electrons. The maximum atomic E-state index is 3.65. The summed E-state index contributed by atoms with van der Waals surface area (Å²) in [6.07, 6.45) is 5.21. The minimum Gasteiger partial charge on any atom is -0.382 e. The molecule has 17 heavy (non-hydrogen) atoms. The van der Waals surface area contributed by atoms with Gasteiger partial charge >= 0.3 is 0 Å². The largest absolute Gasteiger partial charge is 0.382 e. The lowest BCUT2D eigenvalue weighted by Gasteiger charge is -2.33. The second-order valence-electron chi connectivity index (χ2n) is 5.48. The van der Waals surface area contributed by atoms with Gasteiger partial charge in [-0.3, -0.25) is 0 Å². The van der Waals surface area contributed by atoms with Gasteiger partial charge in [0, 0.05) is 17.8 Å². The minimum atomic E-state index is 0.661.